The van der Waals surface area contributed by atoms with E-state index in [0.29, 0.717) is 0 Å². The third kappa shape index (κ3) is 6.13. The van der Waals surface area contributed by atoms with Crippen LogP contribution in [0.4, 0.5) is 0 Å². The SMILES string of the molecule is CC(C/C=C/SCc1ccccc1)[Si](C)(C)C. The summed E-state index contributed by atoms with van der Waals surface area (Å²) in [6.07, 6.45) is 3.58. The molecule has 0 amide bonds. The van der Waals surface area contributed by atoms with Gasteiger partial charge in [0, 0.05) is 13.8 Å². The van der Waals surface area contributed by atoms with Crippen LogP contribution < -0.4 is 0 Å². The molecule has 0 nitrogen and oxygen atoms in total. The van der Waals surface area contributed by atoms with E-state index < -0.39 is 8.07 Å². The molecular weight excluding hydrogens is 240 g/mol. The van der Waals surface area contributed by atoms with Crippen molar-refractivity contribution in [3.63, 3.8) is 0 Å². The molecule has 1 rings (SSSR count). The fourth-order valence-corrected chi connectivity index (χ4v) is 2.97. The summed E-state index contributed by atoms with van der Waals surface area (Å²) in [5.41, 5.74) is 2.27. The van der Waals surface area contributed by atoms with Gasteiger partial charge in [0.15, 0.2) is 0 Å². The zero-order valence-corrected chi connectivity index (χ0v) is 13.3. The van der Waals surface area contributed by atoms with Crippen molar-refractivity contribution in [1.29, 1.82) is 0 Å². The monoisotopic (exact) mass is 264 g/mol. The van der Waals surface area contributed by atoms with Gasteiger partial charge < -0.3 is 0 Å². The van der Waals surface area contributed by atoms with Gasteiger partial charge in [-0.25, -0.2) is 0 Å². The summed E-state index contributed by atoms with van der Waals surface area (Å²) in [6.45, 7) is 9.73. The largest absolute Gasteiger partial charge is 0.130 e. The Hall–Kier alpha value is -0.473. The van der Waals surface area contributed by atoms with E-state index in [1.807, 2.05) is 11.8 Å². The lowest BCUT2D eigenvalue weighted by Crippen LogP contribution is -2.25. The highest BCUT2D eigenvalue weighted by atomic mass is 32.2. The predicted octanol–water partition coefficient (Wildman–Crippen LogP) is 5.55. The third-order valence-electron chi connectivity index (χ3n) is 3.25. The Bertz CT molecular complexity index is 338. The molecule has 1 unspecified atom stereocenters. The normalized spacial score (nSPS) is 14.1. The van der Waals surface area contributed by atoms with E-state index >= 15 is 0 Å². The summed E-state index contributed by atoms with van der Waals surface area (Å²) in [6, 6.07) is 10.6. The van der Waals surface area contributed by atoms with Crippen molar-refractivity contribution >= 4 is 19.8 Å². The average Bonchev–Trinajstić information content (AvgIpc) is 2.28. The van der Waals surface area contributed by atoms with Gasteiger partial charge in [0.25, 0.3) is 0 Å². The third-order valence-corrected chi connectivity index (χ3v) is 7.33. The molecule has 0 N–H and O–H groups in total. The van der Waals surface area contributed by atoms with Gasteiger partial charge in [-0.3, -0.25) is 0 Å². The lowest BCUT2D eigenvalue weighted by atomic mass is 10.2. The molecule has 2 heteroatoms. The molecule has 0 spiro atoms. The molecule has 0 saturated carbocycles. The highest BCUT2D eigenvalue weighted by Gasteiger charge is 2.20. The van der Waals surface area contributed by atoms with E-state index in [1.54, 1.807) is 0 Å². The van der Waals surface area contributed by atoms with Crippen LogP contribution in [0.1, 0.15) is 18.9 Å². The van der Waals surface area contributed by atoms with Crippen molar-refractivity contribution in [2.75, 3.05) is 0 Å². The zero-order valence-electron chi connectivity index (χ0n) is 11.4. The molecular formula is C15H24SSi. The zero-order chi connectivity index (χ0) is 12.7. The molecule has 94 valence electrons. The van der Waals surface area contributed by atoms with Crippen LogP contribution in [0, 0.1) is 0 Å². The van der Waals surface area contributed by atoms with Gasteiger partial charge in [-0.05, 0) is 22.9 Å². The Morgan fingerprint density at radius 1 is 1.18 bits per heavy atom. The molecule has 0 heterocycles. The van der Waals surface area contributed by atoms with E-state index in [-0.39, 0.29) is 0 Å². The first kappa shape index (κ1) is 14.6. The number of hydrogen-bond donors (Lipinski definition) is 0. The maximum atomic E-state index is 2.45. The molecule has 0 radical (unpaired) electrons. The van der Waals surface area contributed by atoms with Crippen molar-refractivity contribution in [3.05, 3.63) is 47.4 Å². The van der Waals surface area contributed by atoms with Crippen molar-refractivity contribution in [3.8, 4) is 0 Å². The fourth-order valence-electron chi connectivity index (χ4n) is 1.40. The topological polar surface area (TPSA) is 0 Å². The Balaban J connectivity index is 2.23. The van der Waals surface area contributed by atoms with E-state index in [4.69, 9.17) is 0 Å². The smallest absolute Gasteiger partial charge is 0.0474 e. The molecule has 0 aliphatic heterocycles. The quantitative estimate of drug-likeness (QED) is 0.607. The second-order valence-electron chi connectivity index (χ2n) is 5.67. The lowest BCUT2D eigenvalue weighted by molar-refractivity contribution is 0.906. The van der Waals surface area contributed by atoms with Gasteiger partial charge >= 0.3 is 0 Å². The first-order valence-corrected chi connectivity index (χ1v) is 10.9. The predicted molar refractivity (Wildman–Crippen MR) is 84.3 cm³/mol. The Kier molecular flexibility index (Phi) is 6.07. The van der Waals surface area contributed by atoms with Gasteiger partial charge in [-0.15, -0.1) is 11.8 Å². The number of benzene rings is 1. The van der Waals surface area contributed by atoms with Gasteiger partial charge in [0.2, 0.25) is 0 Å². The van der Waals surface area contributed by atoms with E-state index in [9.17, 15) is 0 Å². The lowest BCUT2D eigenvalue weighted by Gasteiger charge is -2.23. The molecule has 1 atom stereocenters. The van der Waals surface area contributed by atoms with Crippen LogP contribution in [0.2, 0.25) is 25.2 Å². The van der Waals surface area contributed by atoms with Crippen molar-refractivity contribution in [1.82, 2.24) is 0 Å². The number of rotatable bonds is 6. The Morgan fingerprint density at radius 3 is 2.41 bits per heavy atom. The summed E-state index contributed by atoms with van der Waals surface area (Å²) in [5, 5.41) is 2.27. The van der Waals surface area contributed by atoms with Gasteiger partial charge in [0.05, 0.1) is 0 Å². The molecule has 1 aromatic carbocycles. The average molecular weight is 265 g/mol. The summed E-state index contributed by atoms with van der Waals surface area (Å²) >= 11 is 1.89. The summed E-state index contributed by atoms with van der Waals surface area (Å²) in [7, 11) is -0.945. The van der Waals surface area contributed by atoms with Crippen molar-refractivity contribution in [2.24, 2.45) is 0 Å². The molecule has 0 aromatic heterocycles. The van der Waals surface area contributed by atoms with Crippen LogP contribution >= 0.6 is 11.8 Å². The Labute approximate surface area is 112 Å². The number of thioether (sulfide) groups is 1. The molecule has 0 aliphatic carbocycles. The minimum Gasteiger partial charge on any atom is -0.130 e. The highest BCUT2D eigenvalue weighted by Crippen LogP contribution is 2.25. The molecule has 0 saturated heterocycles. The molecule has 17 heavy (non-hydrogen) atoms. The fraction of sp³-hybridized carbons (Fsp3) is 0.467. The minimum atomic E-state index is -0.945. The van der Waals surface area contributed by atoms with E-state index in [1.165, 1.54) is 12.0 Å². The van der Waals surface area contributed by atoms with Gasteiger partial charge in [-0.2, -0.15) is 0 Å². The first-order chi connectivity index (χ1) is 8.00. The second kappa shape index (κ2) is 7.07. The van der Waals surface area contributed by atoms with Gasteiger partial charge in [0.1, 0.15) is 0 Å². The standard InChI is InChI=1S/C15H24SSi/c1-14(17(2,3)4)9-8-12-16-13-15-10-6-5-7-11-15/h5-8,10-12,14H,9,13H2,1-4H3/b12-8+. The minimum absolute atomic E-state index is 0.871. The molecule has 0 aliphatic rings. The molecule has 0 fully saturated rings. The maximum absolute atomic E-state index is 2.45. The summed E-state index contributed by atoms with van der Waals surface area (Å²) in [5.74, 6) is 1.08. The summed E-state index contributed by atoms with van der Waals surface area (Å²) < 4.78 is 0. The van der Waals surface area contributed by atoms with E-state index in [0.717, 1.165) is 11.3 Å². The number of hydrogen-bond acceptors (Lipinski definition) is 1. The van der Waals surface area contributed by atoms with Crippen LogP contribution in [-0.2, 0) is 5.75 Å². The van der Waals surface area contributed by atoms with Crippen molar-refractivity contribution in [2.45, 2.75) is 44.3 Å². The summed E-state index contributed by atoms with van der Waals surface area (Å²) in [4.78, 5) is 0. The molecule has 0 bridgehead atoms. The first-order valence-electron chi connectivity index (χ1n) is 6.30. The highest BCUT2D eigenvalue weighted by molar-refractivity contribution is 8.01. The van der Waals surface area contributed by atoms with Crippen LogP contribution in [-0.4, -0.2) is 8.07 Å². The van der Waals surface area contributed by atoms with Crippen LogP contribution in [0.15, 0.2) is 41.8 Å². The van der Waals surface area contributed by atoms with Crippen molar-refractivity contribution < 1.29 is 0 Å². The Morgan fingerprint density at radius 2 is 1.82 bits per heavy atom. The van der Waals surface area contributed by atoms with E-state index in [2.05, 4.69) is 68.4 Å². The van der Waals surface area contributed by atoms with Gasteiger partial charge in [-0.1, -0.05) is 63.0 Å². The maximum Gasteiger partial charge on any atom is 0.0474 e. The van der Waals surface area contributed by atoms with Crippen LogP contribution in [0.25, 0.3) is 0 Å². The van der Waals surface area contributed by atoms with Crippen LogP contribution in [0.5, 0.6) is 0 Å². The molecule has 1 aromatic rings. The number of allylic oxidation sites excluding steroid dienone is 1. The second-order valence-corrected chi connectivity index (χ2v) is 12.3. The van der Waals surface area contributed by atoms with Crippen LogP contribution in [0.3, 0.4) is 0 Å².